The molecule has 1 amide bonds. The van der Waals surface area contributed by atoms with E-state index >= 15 is 0 Å². The third-order valence-electron chi connectivity index (χ3n) is 4.31. The first-order valence-electron chi connectivity index (χ1n) is 10.6. The zero-order valence-corrected chi connectivity index (χ0v) is 20.4. The van der Waals surface area contributed by atoms with Crippen molar-refractivity contribution in [2.24, 2.45) is 5.92 Å². The summed E-state index contributed by atoms with van der Waals surface area (Å²) in [6, 6.07) is 15.0. The average molecular weight is 457 g/mol. The van der Waals surface area contributed by atoms with E-state index in [1.54, 1.807) is 32.9 Å². The molecule has 1 N–H and O–H groups in total. The molecule has 1 unspecified atom stereocenters. The van der Waals surface area contributed by atoms with E-state index in [2.05, 4.69) is 17.3 Å². The zero-order chi connectivity index (χ0) is 23.9. The topological polar surface area (TPSA) is 75.7 Å². The van der Waals surface area contributed by atoms with Crippen molar-refractivity contribution >= 4 is 16.1 Å². The maximum atomic E-state index is 13.6. The molecule has 1 atom stereocenters. The van der Waals surface area contributed by atoms with Crippen LogP contribution in [0.4, 0.5) is 4.79 Å². The summed E-state index contributed by atoms with van der Waals surface area (Å²) in [6.07, 6.45) is -0.441. The lowest BCUT2D eigenvalue weighted by atomic mass is 10.0. The molecule has 32 heavy (non-hydrogen) atoms. The van der Waals surface area contributed by atoms with Crippen LogP contribution in [0.3, 0.4) is 0 Å². The van der Waals surface area contributed by atoms with Gasteiger partial charge in [-0.1, -0.05) is 66.0 Å². The minimum atomic E-state index is -4.10. The van der Waals surface area contributed by atoms with Crippen molar-refractivity contribution in [2.45, 2.75) is 64.5 Å². The molecule has 2 rings (SSSR count). The van der Waals surface area contributed by atoms with Gasteiger partial charge in [0.2, 0.25) is 0 Å². The fourth-order valence-electron chi connectivity index (χ4n) is 2.87. The van der Waals surface area contributed by atoms with Crippen molar-refractivity contribution in [3.8, 4) is 11.8 Å². The molecule has 6 nitrogen and oxygen atoms in total. The first-order chi connectivity index (χ1) is 14.9. The smallest absolute Gasteiger partial charge is 0.423 e. The van der Waals surface area contributed by atoms with Crippen LogP contribution in [0.1, 0.15) is 52.2 Å². The summed E-state index contributed by atoms with van der Waals surface area (Å²) in [6.45, 7) is 11.0. The number of rotatable bonds is 6. The van der Waals surface area contributed by atoms with Crippen molar-refractivity contribution < 1.29 is 17.9 Å². The van der Waals surface area contributed by atoms with E-state index in [-0.39, 0.29) is 10.8 Å². The van der Waals surface area contributed by atoms with Crippen LogP contribution in [0.25, 0.3) is 0 Å². The minimum Gasteiger partial charge on any atom is -0.443 e. The molecule has 7 heteroatoms. The lowest BCUT2D eigenvalue weighted by Crippen LogP contribution is -2.52. The Hall–Kier alpha value is -2.82. The summed E-state index contributed by atoms with van der Waals surface area (Å²) in [5.41, 5.74) is 3.35. The predicted octanol–water partition coefficient (Wildman–Crippen LogP) is 4.89. The number of benzene rings is 2. The molecule has 0 spiro atoms. The Balaban J connectivity index is 2.52. The van der Waals surface area contributed by atoms with Crippen molar-refractivity contribution in [1.82, 2.24) is 9.84 Å². The van der Waals surface area contributed by atoms with Gasteiger partial charge < -0.3 is 4.74 Å². The van der Waals surface area contributed by atoms with Gasteiger partial charge in [-0.2, -0.15) is 0 Å². The first kappa shape index (κ1) is 25.4. The van der Waals surface area contributed by atoms with Gasteiger partial charge in [0, 0.05) is 5.56 Å². The number of hydrazine groups is 1. The number of hydrogen-bond acceptors (Lipinski definition) is 4. The fraction of sp³-hybridized carbons (Fsp3) is 0.400. The van der Waals surface area contributed by atoms with Crippen LogP contribution in [-0.4, -0.2) is 30.6 Å². The molecule has 0 aliphatic rings. The molecule has 0 heterocycles. The second kappa shape index (κ2) is 10.7. The minimum absolute atomic E-state index is 0.0643. The predicted molar refractivity (Wildman–Crippen MR) is 126 cm³/mol. The lowest BCUT2D eigenvalue weighted by molar-refractivity contribution is 0.0404. The highest BCUT2D eigenvalue weighted by atomic mass is 32.2. The number of ether oxygens (including phenoxy) is 1. The van der Waals surface area contributed by atoms with E-state index in [1.165, 1.54) is 12.1 Å². The number of sulfonamides is 1. The van der Waals surface area contributed by atoms with Crippen LogP contribution in [0, 0.1) is 24.7 Å². The molecular weight excluding hydrogens is 424 g/mol. The standard InChI is InChI=1S/C25H32N2O4S/c1-19(2)18-22(15-14-21-10-8-7-9-11-21)27(26-24(28)31-25(4,5)6)32(29,30)23-16-12-20(3)13-17-23/h7-13,16-17,19,22H,18H2,1-6H3,(H,26,28). The first-order valence-corrected chi connectivity index (χ1v) is 12.0. The number of amides is 1. The highest BCUT2D eigenvalue weighted by Crippen LogP contribution is 2.21. The van der Waals surface area contributed by atoms with Crippen LogP contribution < -0.4 is 5.43 Å². The van der Waals surface area contributed by atoms with Gasteiger partial charge in [0.1, 0.15) is 11.6 Å². The fourth-order valence-corrected chi connectivity index (χ4v) is 4.24. The Kier molecular flexibility index (Phi) is 8.48. The number of nitrogens with one attached hydrogen (secondary N) is 1. The summed E-state index contributed by atoms with van der Waals surface area (Å²) < 4.78 is 33.4. The maximum absolute atomic E-state index is 13.6. The summed E-state index contributed by atoms with van der Waals surface area (Å²) in [7, 11) is -4.10. The highest BCUT2D eigenvalue weighted by Gasteiger charge is 2.34. The quantitative estimate of drug-likeness (QED) is 0.496. The number of hydrogen-bond donors (Lipinski definition) is 1. The Bertz CT molecular complexity index is 1060. The van der Waals surface area contributed by atoms with Gasteiger partial charge in [-0.15, -0.1) is 0 Å². The number of aryl methyl sites for hydroxylation is 1. The molecular formula is C25H32N2O4S. The Morgan fingerprint density at radius 1 is 1.06 bits per heavy atom. The summed E-state index contributed by atoms with van der Waals surface area (Å²) >= 11 is 0. The van der Waals surface area contributed by atoms with Crippen molar-refractivity contribution in [2.75, 3.05) is 0 Å². The Morgan fingerprint density at radius 2 is 1.66 bits per heavy atom. The molecule has 0 bridgehead atoms. The summed E-state index contributed by atoms with van der Waals surface area (Å²) in [4.78, 5) is 12.6. The van der Waals surface area contributed by atoms with Crippen LogP contribution in [0.15, 0.2) is 59.5 Å². The monoisotopic (exact) mass is 456 g/mol. The molecule has 0 aliphatic carbocycles. The molecule has 0 saturated carbocycles. The average Bonchev–Trinajstić information content (AvgIpc) is 2.69. The van der Waals surface area contributed by atoms with Crippen LogP contribution >= 0.6 is 0 Å². The van der Waals surface area contributed by atoms with E-state index in [9.17, 15) is 13.2 Å². The van der Waals surface area contributed by atoms with Gasteiger partial charge in [-0.05, 0) is 64.3 Å². The van der Waals surface area contributed by atoms with E-state index in [0.717, 1.165) is 15.5 Å². The summed E-state index contributed by atoms with van der Waals surface area (Å²) in [5.74, 6) is 6.21. The third kappa shape index (κ3) is 7.70. The second-order valence-corrected chi connectivity index (χ2v) is 10.8. The van der Waals surface area contributed by atoms with E-state index in [1.807, 2.05) is 51.1 Å². The molecule has 0 saturated heterocycles. The van der Waals surface area contributed by atoms with Gasteiger partial charge in [0.25, 0.3) is 10.0 Å². The van der Waals surface area contributed by atoms with Gasteiger partial charge in [-0.3, -0.25) is 0 Å². The molecule has 0 aromatic heterocycles. The molecule has 172 valence electrons. The van der Waals surface area contributed by atoms with Gasteiger partial charge in [0.05, 0.1) is 4.90 Å². The molecule has 0 fully saturated rings. The highest BCUT2D eigenvalue weighted by molar-refractivity contribution is 7.89. The van der Waals surface area contributed by atoms with E-state index < -0.39 is 27.8 Å². The molecule has 2 aromatic rings. The van der Waals surface area contributed by atoms with Gasteiger partial charge >= 0.3 is 6.09 Å². The number of carbonyl (C=O) groups is 1. The normalized spacial score (nSPS) is 12.8. The van der Waals surface area contributed by atoms with Crippen LogP contribution in [0.5, 0.6) is 0 Å². The summed E-state index contributed by atoms with van der Waals surface area (Å²) in [5, 5.41) is 0. The van der Waals surface area contributed by atoms with Crippen molar-refractivity contribution in [3.05, 3.63) is 65.7 Å². The second-order valence-electron chi connectivity index (χ2n) is 9.01. The number of carbonyl (C=O) groups excluding carboxylic acids is 1. The molecule has 2 aromatic carbocycles. The van der Waals surface area contributed by atoms with Crippen LogP contribution in [-0.2, 0) is 14.8 Å². The zero-order valence-electron chi connectivity index (χ0n) is 19.5. The van der Waals surface area contributed by atoms with Gasteiger partial charge in [0.15, 0.2) is 0 Å². The largest absolute Gasteiger partial charge is 0.443 e. The number of nitrogens with zero attached hydrogens (tertiary/aromatic N) is 1. The van der Waals surface area contributed by atoms with Crippen LogP contribution in [0.2, 0.25) is 0 Å². The molecule has 0 aliphatic heterocycles. The molecule has 0 radical (unpaired) electrons. The lowest BCUT2D eigenvalue weighted by Gasteiger charge is -2.30. The maximum Gasteiger partial charge on any atom is 0.423 e. The van der Waals surface area contributed by atoms with E-state index in [4.69, 9.17) is 4.74 Å². The third-order valence-corrected chi connectivity index (χ3v) is 6.04. The van der Waals surface area contributed by atoms with Crippen molar-refractivity contribution in [1.29, 1.82) is 0 Å². The Labute approximate surface area is 192 Å². The van der Waals surface area contributed by atoms with Crippen molar-refractivity contribution in [3.63, 3.8) is 0 Å². The Morgan fingerprint density at radius 3 is 2.19 bits per heavy atom. The SMILES string of the molecule is Cc1ccc(S(=O)(=O)N(NC(=O)OC(C)(C)C)C(C#Cc2ccccc2)CC(C)C)cc1. The van der Waals surface area contributed by atoms with E-state index in [0.29, 0.717) is 6.42 Å². The van der Waals surface area contributed by atoms with Gasteiger partial charge in [-0.25, -0.2) is 18.6 Å².